The van der Waals surface area contributed by atoms with Crippen molar-refractivity contribution in [2.24, 2.45) is 0 Å². The minimum atomic E-state index is -0.599. The Labute approximate surface area is 170 Å². The summed E-state index contributed by atoms with van der Waals surface area (Å²) in [5, 5.41) is 20.9. The van der Waals surface area contributed by atoms with Crippen molar-refractivity contribution in [3.8, 4) is 11.5 Å². The highest BCUT2D eigenvalue weighted by molar-refractivity contribution is 5.75. The first-order chi connectivity index (χ1) is 14.1. The number of unbranched alkanes of at least 4 members (excludes halogenated alkanes) is 1. The highest BCUT2D eigenvalue weighted by Gasteiger charge is 2.14. The lowest BCUT2D eigenvalue weighted by molar-refractivity contribution is -0.385. The molecule has 0 aliphatic carbocycles. The molecule has 3 aromatic rings. The van der Waals surface area contributed by atoms with Gasteiger partial charge in [-0.3, -0.25) is 10.1 Å². The number of aryl methyl sites for hydroxylation is 1. The first kappa shape index (κ1) is 20.1. The third kappa shape index (κ3) is 5.94. The molecule has 0 aliphatic heterocycles. The third-order valence-corrected chi connectivity index (χ3v) is 4.55. The molecular formula is C24H23NO4. The van der Waals surface area contributed by atoms with Crippen LogP contribution < -0.4 is 4.74 Å². The van der Waals surface area contributed by atoms with Gasteiger partial charge in [0.25, 0.3) is 0 Å². The summed E-state index contributed by atoms with van der Waals surface area (Å²) in [6, 6.07) is 22.5. The Bertz CT molecular complexity index is 966. The van der Waals surface area contributed by atoms with Gasteiger partial charge in [-0.15, -0.1) is 0 Å². The lowest BCUT2D eigenvalue weighted by Crippen LogP contribution is -1.98. The third-order valence-electron chi connectivity index (χ3n) is 4.55. The maximum Gasteiger partial charge on any atom is 0.311 e. The Morgan fingerprint density at radius 3 is 2.38 bits per heavy atom. The van der Waals surface area contributed by atoms with E-state index in [1.807, 2.05) is 30.3 Å². The lowest BCUT2D eigenvalue weighted by atomic mass is 10.1. The van der Waals surface area contributed by atoms with Gasteiger partial charge in [0.2, 0.25) is 5.75 Å². The second-order valence-electron chi connectivity index (χ2n) is 6.67. The fraction of sp³-hybridized carbons (Fsp3) is 0.167. The maximum absolute atomic E-state index is 10.9. The van der Waals surface area contributed by atoms with E-state index in [0.717, 1.165) is 30.6 Å². The number of phenolic OH excluding ortho intramolecular Hbond substituents is 1. The summed E-state index contributed by atoms with van der Waals surface area (Å²) in [5.74, 6) is 0.476. The van der Waals surface area contributed by atoms with Crippen molar-refractivity contribution in [2.45, 2.75) is 19.3 Å². The quantitative estimate of drug-likeness (QED) is 0.215. The summed E-state index contributed by atoms with van der Waals surface area (Å²) in [4.78, 5) is 10.3. The molecule has 0 heterocycles. The SMILES string of the molecule is O=[N+]([O-])c1cccc(C=Cc2ccc(OCCCCc3ccccc3)cc2)c1O. The number of nitro groups is 1. The second kappa shape index (κ2) is 10.1. The van der Waals surface area contributed by atoms with Crippen LogP contribution in [0.15, 0.2) is 72.8 Å². The van der Waals surface area contributed by atoms with Crippen LogP contribution in [0.4, 0.5) is 5.69 Å². The van der Waals surface area contributed by atoms with Gasteiger partial charge in [0.15, 0.2) is 0 Å². The van der Waals surface area contributed by atoms with Crippen molar-refractivity contribution >= 4 is 17.8 Å². The highest BCUT2D eigenvalue weighted by atomic mass is 16.6. The Morgan fingerprint density at radius 1 is 0.897 bits per heavy atom. The minimum Gasteiger partial charge on any atom is -0.502 e. The Hall–Kier alpha value is -3.60. The number of rotatable bonds is 9. The molecule has 0 saturated heterocycles. The van der Waals surface area contributed by atoms with Gasteiger partial charge in [0, 0.05) is 11.6 Å². The van der Waals surface area contributed by atoms with Gasteiger partial charge in [0.1, 0.15) is 5.75 Å². The van der Waals surface area contributed by atoms with Crippen molar-refractivity contribution in [1.82, 2.24) is 0 Å². The molecule has 0 saturated carbocycles. The van der Waals surface area contributed by atoms with E-state index >= 15 is 0 Å². The molecule has 0 aromatic heterocycles. The summed E-state index contributed by atoms with van der Waals surface area (Å²) in [6.45, 7) is 0.670. The first-order valence-corrected chi connectivity index (χ1v) is 9.55. The monoisotopic (exact) mass is 389 g/mol. The molecule has 0 unspecified atom stereocenters. The van der Waals surface area contributed by atoms with Gasteiger partial charge in [-0.1, -0.05) is 66.7 Å². The fourth-order valence-corrected chi connectivity index (χ4v) is 2.96. The smallest absolute Gasteiger partial charge is 0.311 e. The van der Waals surface area contributed by atoms with E-state index in [1.54, 1.807) is 24.3 Å². The van der Waals surface area contributed by atoms with E-state index in [4.69, 9.17) is 4.74 Å². The van der Waals surface area contributed by atoms with Crippen molar-refractivity contribution in [3.63, 3.8) is 0 Å². The molecule has 148 valence electrons. The zero-order chi connectivity index (χ0) is 20.5. The largest absolute Gasteiger partial charge is 0.502 e. The Kier molecular flexibility index (Phi) is 7.00. The van der Waals surface area contributed by atoms with Crippen molar-refractivity contribution in [3.05, 3.63) is 99.6 Å². The zero-order valence-electron chi connectivity index (χ0n) is 16.0. The molecule has 0 aliphatic rings. The normalized spacial score (nSPS) is 10.9. The van der Waals surface area contributed by atoms with Gasteiger partial charge in [0.05, 0.1) is 11.5 Å². The maximum atomic E-state index is 10.9. The predicted octanol–water partition coefficient (Wildman–Crippen LogP) is 5.87. The van der Waals surface area contributed by atoms with Gasteiger partial charge in [-0.2, -0.15) is 0 Å². The van der Waals surface area contributed by atoms with Gasteiger partial charge in [-0.05, 0) is 42.5 Å². The summed E-state index contributed by atoms with van der Waals surface area (Å²) < 4.78 is 5.78. The molecule has 0 spiro atoms. The molecule has 0 fully saturated rings. The molecule has 29 heavy (non-hydrogen) atoms. The molecule has 0 bridgehead atoms. The Morgan fingerprint density at radius 2 is 1.66 bits per heavy atom. The van der Waals surface area contributed by atoms with Gasteiger partial charge < -0.3 is 9.84 Å². The van der Waals surface area contributed by atoms with Crippen LogP contribution in [0.2, 0.25) is 0 Å². The molecule has 0 amide bonds. The second-order valence-corrected chi connectivity index (χ2v) is 6.67. The fourth-order valence-electron chi connectivity index (χ4n) is 2.96. The average Bonchev–Trinajstić information content (AvgIpc) is 2.74. The highest BCUT2D eigenvalue weighted by Crippen LogP contribution is 2.30. The number of para-hydroxylation sites is 1. The number of ether oxygens (including phenoxy) is 1. The number of nitro benzene ring substituents is 1. The van der Waals surface area contributed by atoms with Crippen LogP contribution in [-0.2, 0) is 6.42 Å². The molecule has 0 radical (unpaired) electrons. The molecular weight excluding hydrogens is 366 g/mol. The van der Waals surface area contributed by atoms with E-state index in [2.05, 4.69) is 24.3 Å². The predicted molar refractivity (Wildman–Crippen MR) is 115 cm³/mol. The molecule has 5 heteroatoms. The average molecular weight is 389 g/mol. The topological polar surface area (TPSA) is 72.6 Å². The molecule has 0 atom stereocenters. The number of hydrogen-bond donors (Lipinski definition) is 1. The standard InChI is InChI=1S/C24H23NO4/c26-24-21(10-6-11-23(24)25(27)28)15-12-20-13-16-22(17-14-20)29-18-5-4-9-19-7-2-1-3-8-19/h1-3,6-8,10-17,26H,4-5,9,18H2. The number of phenols is 1. The van der Waals surface area contributed by atoms with E-state index in [9.17, 15) is 15.2 Å². The van der Waals surface area contributed by atoms with Crippen LogP contribution in [0.1, 0.15) is 29.5 Å². The summed E-state index contributed by atoms with van der Waals surface area (Å²) in [7, 11) is 0. The Balaban J connectivity index is 1.48. The van der Waals surface area contributed by atoms with Crippen molar-refractivity contribution < 1.29 is 14.8 Å². The molecule has 1 N–H and O–H groups in total. The van der Waals surface area contributed by atoms with E-state index in [0.29, 0.717) is 12.2 Å². The van der Waals surface area contributed by atoms with Crippen molar-refractivity contribution in [2.75, 3.05) is 6.61 Å². The van der Waals surface area contributed by atoms with Crippen LogP contribution in [0.25, 0.3) is 12.2 Å². The van der Waals surface area contributed by atoms with Crippen LogP contribution in [0.5, 0.6) is 11.5 Å². The van der Waals surface area contributed by atoms with E-state index < -0.39 is 4.92 Å². The molecule has 5 nitrogen and oxygen atoms in total. The van der Waals surface area contributed by atoms with Crippen LogP contribution >= 0.6 is 0 Å². The van der Waals surface area contributed by atoms with Crippen LogP contribution in [0, 0.1) is 10.1 Å². The molecule has 3 rings (SSSR count). The van der Waals surface area contributed by atoms with Gasteiger partial charge >= 0.3 is 5.69 Å². The summed E-state index contributed by atoms with van der Waals surface area (Å²) >= 11 is 0. The number of benzene rings is 3. The van der Waals surface area contributed by atoms with Crippen LogP contribution in [0.3, 0.4) is 0 Å². The van der Waals surface area contributed by atoms with Gasteiger partial charge in [-0.25, -0.2) is 0 Å². The summed E-state index contributed by atoms with van der Waals surface area (Å²) in [5.41, 5.74) is 2.35. The minimum absolute atomic E-state index is 0.303. The van der Waals surface area contributed by atoms with E-state index in [-0.39, 0.29) is 11.4 Å². The van der Waals surface area contributed by atoms with Crippen molar-refractivity contribution in [1.29, 1.82) is 0 Å². The molecule has 3 aromatic carbocycles. The summed E-state index contributed by atoms with van der Waals surface area (Å²) in [6.07, 6.45) is 6.57. The number of nitrogens with zero attached hydrogens (tertiary/aromatic N) is 1. The number of aromatic hydroxyl groups is 1. The number of hydrogen-bond acceptors (Lipinski definition) is 4. The lowest BCUT2D eigenvalue weighted by Gasteiger charge is -2.06. The zero-order valence-corrected chi connectivity index (χ0v) is 16.0. The first-order valence-electron chi connectivity index (χ1n) is 9.55. The van der Waals surface area contributed by atoms with E-state index in [1.165, 1.54) is 11.6 Å². The van der Waals surface area contributed by atoms with Crippen LogP contribution in [-0.4, -0.2) is 16.6 Å².